The van der Waals surface area contributed by atoms with Gasteiger partial charge in [0.25, 0.3) is 0 Å². The minimum atomic E-state index is -0.823. The van der Waals surface area contributed by atoms with E-state index in [0.717, 1.165) is 11.3 Å². The van der Waals surface area contributed by atoms with Crippen molar-refractivity contribution in [3.63, 3.8) is 0 Å². The van der Waals surface area contributed by atoms with Gasteiger partial charge in [-0.05, 0) is 19.3 Å². The molecule has 0 spiro atoms. The molecule has 100 valence electrons. The van der Waals surface area contributed by atoms with Gasteiger partial charge < -0.3 is 0 Å². The Hall–Kier alpha value is -1.98. The van der Waals surface area contributed by atoms with Crippen LogP contribution in [0, 0.1) is 11.8 Å². The van der Waals surface area contributed by atoms with E-state index in [0.29, 0.717) is 6.42 Å². The van der Waals surface area contributed by atoms with Crippen LogP contribution < -0.4 is 5.32 Å². The zero-order chi connectivity index (χ0) is 13.6. The first-order valence-corrected chi connectivity index (χ1v) is 6.47. The van der Waals surface area contributed by atoms with Crippen molar-refractivity contribution in [2.75, 3.05) is 0 Å². The predicted octanol–water partition coefficient (Wildman–Crippen LogP) is -0.257. The first kappa shape index (κ1) is 12.1. The molecule has 3 rings (SSSR count). The minimum Gasteiger partial charge on any atom is -0.295 e. The molecule has 19 heavy (non-hydrogen) atoms. The lowest BCUT2D eigenvalue weighted by Gasteiger charge is -2.28. The largest absolute Gasteiger partial charge is 0.295 e. The highest BCUT2D eigenvalue weighted by Gasteiger charge is 2.51. The van der Waals surface area contributed by atoms with Gasteiger partial charge in [0, 0.05) is 6.42 Å². The van der Waals surface area contributed by atoms with Gasteiger partial charge in [-0.1, -0.05) is 12.2 Å². The summed E-state index contributed by atoms with van der Waals surface area (Å²) in [5, 5.41) is 2.19. The molecule has 0 aromatic heterocycles. The Bertz CT molecular complexity index is 511. The van der Waals surface area contributed by atoms with E-state index in [1.807, 2.05) is 6.08 Å². The molecule has 0 bridgehead atoms. The van der Waals surface area contributed by atoms with Gasteiger partial charge in [0.1, 0.15) is 6.04 Å². The van der Waals surface area contributed by atoms with E-state index >= 15 is 0 Å². The molecule has 2 saturated heterocycles. The van der Waals surface area contributed by atoms with Crippen LogP contribution in [0.4, 0.5) is 0 Å². The van der Waals surface area contributed by atoms with E-state index in [1.165, 1.54) is 0 Å². The maximum Gasteiger partial charge on any atom is 0.249 e. The molecule has 6 heteroatoms. The average molecular weight is 262 g/mol. The summed E-state index contributed by atoms with van der Waals surface area (Å²) >= 11 is 0. The van der Waals surface area contributed by atoms with Crippen molar-refractivity contribution in [1.82, 2.24) is 10.2 Å². The number of rotatable bonds is 1. The number of hydrogen-bond acceptors (Lipinski definition) is 4. The molecular formula is C13H14N2O4. The second-order valence-electron chi connectivity index (χ2n) is 5.15. The topological polar surface area (TPSA) is 83.6 Å². The van der Waals surface area contributed by atoms with Crippen LogP contribution in [0.25, 0.3) is 0 Å². The summed E-state index contributed by atoms with van der Waals surface area (Å²) < 4.78 is 0. The van der Waals surface area contributed by atoms with Gasteiger partial charge in [-0.3, -0.25) is 29.4 Å². The Labute approximate surface area is 109 Å². The first-order valence-electron chi connectivity index (χ1n) is 6.47. The third-order valence-electron chi connectivity index (χ3n) is 4.02. The van der Waals surface area contributed by atoms with E-state index in [2.05, 4.69) is 5.32 Å². The lowest BCUT2D eigenvalue weighted by atomic mass is 9.86. The molecule has 4 amide bonds. The molecule has 0 saturated carbocycles. The van der Waals surface area contributed by atoms with E-state index in [1.54, 1.807) is 6.08 Å². The highest BCUT2D eigenvalue weighted by molar-refractivity contribution is 6.11. The van der Waals surface area contributed by atoms with Crippen LogP contribution in [0.2, 0.25) is 0 Å². The molecule has 3 atom stereocenters. The van der Waals surface area contributed by atoms with Crippen LogP contribution in [0.5, 0.6) is 0 Å². The highest BCUT2D eigenvalue weighted by atomic mass is 16.2. The zero-order valence-electron chi connectivity index (χ0n) is 10.3. The van der Waals surface area contributed by atoms with Crippen molar-refractivity contribution in [1.29, 1.82) is 0 Å². The molecule has 0 radical (unpaired) electrons. The minimum absolute atomic E-state index is 0.165. The van der Waals surface area contributed by atoms with Crippen LogP contribution in [-0.2, 0) is 19.2 Å². The molecular weight excluding hydrogens is 248 g/mol. The molecule has 0 aromatic carbocycles. The fourth-order valence-corrected chi connectivity index (χ4v) is 3.05. The van der Waals surface area contributed by atoms with Crippen LogP contribution in [-0.4, -0.2) is 34.6 Å². The van der Waals surface area contributed by atoms with Gasteiger partial charge >= 0.3 is 0 Å². The number of carbonyl (C=O) groups excluding carboxylic acids is 4. The smallest absolute Gasteiger partial charge is 0.249 e. The third kappa shape index (κ3) is 1.78. The molecule has 1 N–H and O–H groups in total. The molecule has 2 heterocycles. The summed E-state index contributed by atoms with van der Waals surface area (Å²) in [5.74, 6) is -2.22. The summed E-state index contributed by atoms with van der Waals surface area (Å²) in [6.07, 6.45) is 5.49. The highest BCUT2D eigenvalue weighted by Crippen LogP contribution is 2.36. The number of carbonyl (C=O) groups is 4. The number of hydrogen-bond donors (Lipinski definition) is 1. The molecule has 3 unspecified atom stereocenters. The maximum atomic E-state index is 12.3. The number of amides is 4. The quantitative estimate of drug-likeness (QED) is 0.521. The van der Waals surface area contributed by atoms with Crippen molar-refractivity contribution in [3.05, 3.63) is 12.2 Å². The number of piperidine rings is 1. The van der Waals surface area contributed by atoms with Crippen molar-refractivity contribution >= 4 is 23.6 Å². The second kappa shape index (κ2) is 4.29. The van der Waals surface area contributed by atoms with Crippen LogP contribution >= 0.6 is 0 Å². The summed E-state index contributed by atoms with van der Waals surface area (Å²) in [6.45, 7) is 0. The van der Waals surface area contributed by atoms with E-state index in [-0.39, 0.29) is 36.5 Å². The fourth-order valence-electron chi connectivity index (χ4n) is 3.05. The Kier molecular flexibility index (Phi) is 2.73. The van der Waals surface area contributed by atoms with E-state index in [9.17, 15) is 19.2 Å². The Balaban J connectivity index is 1.87. The normalized spacial score (nSPS) is 34.5. The summed E-state index contributed by atoms with van der Waals surface area (Å²) in [6, 6.07) is -0.823. The fraction of sp³-hybridized carbons (Fsp3) is 0.538. The SMILES string of the molecule is O=C1CCC(N2C(=O)C3C=CCCC3C2=O)C(=O)N1. The maximum absolute atomic E-state index is 12.3. The summed E-state index contributed by atoms with van der Waals surface area (Å²) in [7, 11) is 0. The van der Waals surface area contributed by atoms with Crippen molar-refractivity contribution in [2.24, 2.45) is 11.8 Å². The van der Waals surface area contributed by atoms with Crippen molar-refractivity contribution < 1.29 is 19.2 Å². The summed E-state index contributed by atoms with van der Waals surface area (Å²) in [4.78, 5) is 48.5. The number of likely N-dealkylation sites (tertiary alicyclic amines) is 1. The molecule has 0 aromatic rings. The number of allylic oxidation sites excluding steroid dienone is 1. The molecule has 2 fully saturated rings. The Morgan fingerprint density at radius 3 is 2.58 bits per heavy atom. The van der Waals surface area contributed by atoms with Crippen LogP contribution in [0.1, 0.15) is 25.7 Å². The van der Waals surface area contributed by atoms with Crippen LogP contribution in [0.15, 0.2) is 12.2 Å². The van der Waals surface area contributed by atoms with Crippen molar-refractivity contribution in [3.8, 4) is 0 Å². The van der Waals surface area contributed by atoms with Gasteiger partial charge in [0.05, 0.1) is 11.8 Å². The molecule has 3 aliphatic rings. The molecule has 6 nitrogen and oxygen atoms in total. The van der Waals surface area contributed by atoms with Crippen molar-refractivity contribution in [2.45, 2.75) is 31.7 Å². The van der Waals surface area contributed by atoms with Gasteiger partial charge in [-0.15, -0.1) is 0 Å². The monoisotopic (exact) mass is 262 g/mol. The van der Waals surface area contributed by atoms with Gasteiger partial charge in [-0.25, -0.2) is 0 Å². The Morgan fingerprint density at radius 1 is 1.11 bits per heavy atom. The lowest BCUT2D eigenvalue weighted by Crippen LogP contribution is -2.54. The average Bonchev–Trinajstić information content (AvgIpc) is 2.64. The van der Waals surface area contributed by atoms with Gasteiger partial charge in [0.15, 0.2) is 0 Å². The number of fused-ring (bicyclic) bond motifs is 1. The Morgan fingerprint density at radius 2 is 1.89 bits per heavy atom. The molecule has 1 aliphatic carbocycles. The lowest BCUT2D eigenvalue weighted by molar-refractivity contribution is -0.151. The van der Waals surface area contributed by atoms with E-state index < -0.39 is 17.9 Å². The number of nitrogens with one attached hydrogen (secondary N) is 1. The second-order valence-corrected chi connectivity index (χ2v) is 5.15. The molecule has 2 aliphatic heterocycles. The van der Waals surface area contributed by atoms with Crippen LogP contribution in [0.3, 0.4) is 0 Å². The van der Waals surface area contributed by atoms with E-state index in [4.69, 9.17) is 0 Å². The first-order chi connectivity index (χ1) is 9.09. The third-order valence-corrected chi connectivity index (χ3v) is 4.02. The van der Waals surface area contributed by atoms with Gasteiger partial charge in [0.2, 0.25) is 23.6 Å². The number of nitrogens with zero attached hydrogens (tertiary/aromatic N) is 1. The predicted molar refractivity (Wildman–Crippen MR) is 63.4 cm³/mol. The number of imide groups is 2. The van der Waals surface area contributed by atoms with Gasteiger partial charge in [-0.2, -0.15) is 0 Å². The zero-order valence-corrected chi connectivity index (χ0v) is 10.3. The standard InChI is InChI=1S/C13H14N2O4/c16-10-6-5-9(11(17)14-10)15-12(18)7-3-1-2-4-8(7)13(15)19/h1,3,7-9H,2,4-6H2,(H,14,16,17). The summed E-state index contributed by atoms with van der Waals surface area (Å²) in [5.41, 5.74) is 0.